The second-order valence-electron chi connectivity index (χ2n) is 8.78. The fourth-order valence-electron chi connectivity index (χ4n) is 4.52. The Morgan fingerprint density at radius 1 is 1.03 bits per heavy atom. The average molecular weight is 546 g/mol. The number of ketones is 1. The predicted molar refractivity (Wildman–Crippen MR) is 149 cm³/mol. The number of thiophene rings is 1. The van der Waals surface area contributed by atoms with E-state index in [-0.39, 0.29) is 22.6 Å². The van der Waals surface area contributed by atoms with Crippen LogP contribution >= 0.6 is 22.9 Å². The Balaban J connectivity index is 1.55. The van der Waals surface area contributed by atoms with E-state index < -0.39 is 17.7 Å². The van der Waals surface area contributed by atoms with Crippen molar-refractivity contribution in [3.8, 4) is 11.5 Å². The lowest BCUT2D eigenvalue weighted by atomic mass is 9.98. The fraction of sp³-hybridized carbons (Fsp3) is 0.133. The molecular weight excluding hydrogens is 522 g/mol. The Labute approximate surface area is 229 Å². The maximum Gasteiger partial charge on any atom is 0.300 e. The maximum absolute atomic E-state index is 13.4. The molecule has 8 heteroatoms. The molecule has 38 heavy (non-hydrogen) atoms. The first-order chi connectivity index (χ1) is 18.4. The van der Waals surface area contributed by atoms with Gasteiger partial charge in [0.25, 0.3) is 11.7 Å². The van der Waals surface area contributed by atoms with Crippen molar-refractivity contribution >= 4 is 46.1 Å². The Morgan fingerprint density at radius 2 is 1.76 bits per heavy atom. The van der Waals surface area contributed by atoms with Gasteiger partial charge in [-0.1, -0.05) is 48.0 Å². The number of hydrogen-bond acceptors (Lipinski definition) is 6. The van der Waals surface area contributed by atoms with E-state index in [0.717, 1.165) is 16.0 Å². The van der Waals surface area contributed by atoms with Crippen molar-refractivity contribution in [2.75, 3.05) is 12.0 Å². The topological polar surface area (TPSA) is 76.1 Å². The van der Waals surface area contributed by atoms with Crippen molar-refractivity contribution in [1.29, 1.82) is 0 Å². The van der Waals surface area contributed by atoms with Crippen LogP contribution in [0.3, 0.4) is 0 Å². The van der Waals surface area contributed by atoms with Crippen LogP contribution in [0.4, 0.5) is 5.69 Å². The molecule has 192 valence electrons. The molecule has 1 amide bonds. The Hall–Kier alpha value is -4.07. The van der Waals surface area contributed by atoms with Gasteiger partial charge in [-0.05, 0) is 65.9 Å². The Kier molecular flexibility index (Phi) is 7.22. The van der Waals surface area contributed by atoms with Gasteiger partial charge in [0.1, 0.15) is 29.9 Å². The molecule has 2 heterocycles. The first-order valence-corrected chi connectivity index (χ1v) is 13.1. The molecule has 1 aliphatic heterocycles. The molecule has 3 aromatic carbocycles. The third-order valence-corrected chi connectivity index (χ3v) is 7.47. The van der Waals surface area contributed by atoms with E-state index in [1.54, 1.807) is 36.4 Å². The summed E-state index contributed by atoms with van der Waals surface area (Å²) in [6.07, 6.45) is 0. The Bertz CT molecular complexity index is 1510. The van der Waals surface area contributed by atoms with Crippen molar-refractivity contribution in [3.63, 3.8) is 0 Å². The molecule has 0 aliphatic carbocycles. The van der Waals surface area contributed by atoms with Crippen molar-refractivity contribution in [3.05, 3.63) is 116 Å². The van der Waals surface area contributed by atoms with Crippen molar-refractivity contribution in [2.24, 2.45) is 0 Å². The number of aliphatic hydroxyl groups excluding tert-OH is 1. The van der Waals surface area contributed by atoms with Gasteiger partial charge in [0.05, 0.1) is 23.3 Å². The number of rotatable bonds is 7. The molecule has 5 rings (SSSR count). The van der Waals surface area contributed by atoms with Gasteiger partial charge < -0.3 is 14.6 Å². The third kappa shape index (κ3) is 4.78. The number of hydrogen-bond donors (Lipinski definition) is 1. The molecule has 1 aromatic heterocycles. The summed E-state index contributed by atoms with van der Waals surface area (Å²) in [5, 5.41) is 13.6. The fourth-order valence-corrected chi connectivity index (χ4v) is 5.69. The zero-order chi connectivity index (χ0) is 26.8. The molecule has 1 atom stereocenters. The number of carbonyl (C=O) groups excluding carboxylic acids is 2. The van der Waals surface area contributed by atoms with E-state index in [0.29, 0.717) is 23.1 Å². The molecule has 1 N–H and O–H groups in total. The molecule has 6 nitrogen and oxygen atoms in total. The van der Waals surface area contributed by atoms with Gasteiger partial charge in [-0.3, -0.25) is 14.5 Å². The number of aryl methyl sites for hydroxylation is 1. The van der Waals surface area contributed by atoms with Crippen LogP contribution in [-0.4, -0.2) is 23.9 Å². The normalized spacial score (nSPS) is 16.6. The van der Waals surface area contributed by atoms with Gasteiger partial charge in [-0.25, -0.2) is 0 Å². The second kappa shape index (κ2) is 10.7. The highest BCUT2D eigenvalue weighted by atomic mass is 35.5. The van der Waals surface area contributed by atoms with Crippen LogP contribution < -0.4 is 14.4 Å². The SMILES string of the molecule is COc1c(Cl)cc(C)cc1/C(O)=C1/C(=O)C(=O)N(c2ccc(OCc3ccccc3)cc2)C1c1cccs1. The van der Waals surface area contributed by atoms with E-state index in [9.17, 15) is 14.7 Å². The number of aliphatic hydroxyl groups is 1. The number of carbonyl (C=O) groups is 2. The largest absolute Gasteiger partial charge is 0.507 e. The minimum absolute atomic E-state index is 0.0261. The standard InChI is InChI=1S/C30H24ClNO5S/c1-18-15-22(29(36-2)23(31)16-18)27(33)25-26(24-9-6-14-38-24)32(30(35)28(25)34)20-10-12-21(13-11-20)37-17-19-7-4-3-5-8-19/h3-16,26,33H,17H2,1-2H3/b27-25-. The molecule has 0 bridgehead atoms. The lowest BCUT2D eigenvalue weighted by Crippen LogP contribution is -2.29. The Morgan fingerprint density at radius 3 is 2.42 bits per heavy atom. The van der Waals surface area contributed by atoms with Crippen LogP contribution in [0.5, 0.6) is 11.5 Å². The van der Waals surface area contributed by atoms with E-state index >= 15 is 0 Å². The van der Waals surface area contributed by atoms with E-state index in [4.69, 9.17) is 21.1 Å². The number of Topliss-reactive ketones (excluding diaryl/α,β-unsaturated/α-hetero) is 1. The number of ether oxygens (including phenoxy) is 2. The molecule has 4 aromatic rings. The van der Waals surface area contributed by atoms with Gasteiger partial charge in [-0.2, -0.15) is 0 Å². The molecule has 0 saturated carbocycles. The van der Waals surface area contributed by atoms with Gasteiger partial charge in [-0.15, -0.1) is 11.3 Å². The number of halogens is 1. The molecule has 1 aliphatic rings. The van der Waals surface area contributed by atoms with Crippen molar-refractivity contribution in [1.82, 2.24) is 0 Å². The van der Waals surface area contributed by atoms with Crippen LogP contribution in [0.2, 0.25) is 5.02 Å². The quantitative estimate of drug-likeness (QED) is 0.155. The minimum Gasteiger partial charge on any atom is -0.507 e. The molecule has 1 fully saturated rings. The van der Waals surface area contributed by atoms with Crippen molar-refractivity contribution in [2.45, 2.75) is 19.6 Å². The monoisotopic (exact) mass is 545 g/mol. The summed E-state index contributed by atoms with van der Waals surface area (Å²) in [6.45, 7) is 2.22. The number of benzene rings is 3. The lowest BCUT2D eigenvalue weighted by Gasteiger charge is -2.24. The molecule has 1 unspecified atom stereocenters. The van der Waals surface area contributed by atoms with Crippen LogP contribution in [0, 0.1) is 6.92 Å². The average Bonchev–Trinajstić information content (AvgIpc) is 3.54. The van der Waals surface area contributed by atoms with E-state index in [1.165, 1.54) is 23.3 Å². The molecule has 1 saturated heterocycles. The number of amides is 1. The first-order valence-electron chi connectivity index (χ1n) is 11.8. The van der Waals surface area contributed by atoms with Crippen LogP contribution in [0.15, 0.2) is 89.8 Å². The summed E-state index contributed by atoms with van der Waals surface area (Å²) in [6, 6.07) is 23.0. The van der Waals surface area contributed by atoms with Gasteiger partial charge in [0.2, 0.25) is 0 Å². The summed E-state index contributed by atoms with van der Waals surface area (Å²) in [5.74, 6) is -1.01. The third-order valence-electron chi connectivity index (χ3n) is 6.27. The first kappa shape index (κ1) is 25.6. The highest BCUT2D eigenvalue weighted by Gasteiger charge is 2.47. The van der Waals surface area contributed by atoms with E-state index in [2.05, 4.69) is 0 Å². The summed E-state index contributed by atoms with van der Waals surface area (Å²) in [5.41, 5.74) is 2.53. The second-order valence-corrected chi connectivity index (χ2v) is 10.2. The van der Waals surface area contributed by atoms with Gasteiger partial charge in [0, 0.05) is 10.6 Å². The van der Waals surface area contributed by atoms with Gasteiger partial charge in [0.15, 0.2) is 0 Å². The highest BCUT2D eigenvalue weighted by Crippen LogP contribution is 2.45. The highest BCUT2D eigenvalue weighted by molar-refractivity contribution is 7.10. The molecular formula is C30H24ClNO5S. The number of nitrogens with zero attached hydrogens (tertiary/aromatic N) is 1. The zero-order valence-electron chi connectivity index (χ0n) is 20.7. The predicted octanol–water partition coefficient (Wildman–Crippen LogP) is 6.92. The van der Waals surface area contributed by atoms with Crippen LogP contribution in [0.25, 0.3) is 5.76 Å². The van der Waals surface area contributed by atoms with Crippen LogP contribution in [-0.2, 0) is 16.2 Å². The van der Waals surface area contributed by atoms with E-state index in [1.807, 2.05) is 54.8 Å². The molecule has 0 spiro atoms. The van der Waals surface area contributed by atoms with Crippen molar-refractivity contribution < 1.29 is 24.2 Å². The minimum atomic E-state index is -0.824. The number of methoxy groups -OCH3 is 1. The maximum atomic E-state index is 13.4. The molecule has 0 radical (unpaired) electrons. The summed E-state index contributed by atoms with van der Waals surface area (Å²) in [7, 11) is 1.43. The lowest BCUT2D eigenvalue weighted by molar-refractivity contribution is -0.132. The van der Waals surface area contributed by atoms with Gasteiger partial charge >= 0.3 is 0 Å². The summed E-state index contributed by atoms with van der Waals surface area (Å²) in [4.78, 5) is 28.9. The van der Waals surface area contributed by atoms with Crippen LogP contribution in [0.1, 0.15) is 27.6 Å². The summed E-state index contributed by atoms with van der Waals surface area (Å²) < 4.78 is 11.3. The smallest absolute Gasteiger partial charge is 0.300 e. The zero-order valence-corrected chi connectivity index (χ0v) is 22.3. The summed E-state index contributed by atoms with van der Waals surface area (Å²) >= 11 is 7.75. The number of anilines is 1.